The fraction of sp³-hybridized carbons (Fsp3) is 0.286. The third-order valence-electron chi connectivity index (χ3n) is 3.70. The number of hydrogen-bond donors (Lipinski definition) is 1. The van der Waals surface area contributed by atoms with Crippen molar-refractivity contribution in [3.8, 4) is 5.75 Å². The lowest BCUT2D eigenvalue weighted by molar-refractivity contribution is -0.137. The molecule has 0 aliphatic heterocycles. The maximum Gasteiger partial charge on any atom is 0.303 e. The molecule has 0 spiro atoms. The van der Waals surface area contributed by atoms with Crippen LogP contribution < -0.4 is 4.74 Å². The Morgan fingerprint density at radius 2 is 1.62 bits per heavy atom. The molecule has 0 heterocycles. The number of carboxylic acid groups (broad SMARTS) is 1. The second-order valence-electron chi connectivity index (χ2n) is 5.71. The normalized spacial score (nSPS) is 10.8. The van der Waals surface area contributed by atoms with Gasteiger partial charge in [0.05, 0.1) is 0 Å². The zero-order chi connectivity index (χ0) is 17.0. The first-order valence-electron chi connectivity index (χ1n) is 8.36. The first-order valence-corrected chi connectivity index (χ1v) is 8.36. The van der Waals surface area contributed by atoms with Crippen LogP contribution in [-0.2, 0) is 17.8 Å². The van der Waals surface area contributed by atoms with Crippen molar-refractivity contribution < 1.29 is 14.6 Å². The Balaban J connectivity index is 1.66. The molecular formula is C21H24O3. The first kappa shape index (κ1) is 17.8. The van der Waals surface area contributed by atoms with E-state index in [4.69, 9.17) is 9.84 Å². The lowest BCUT2D eigenvalue weighted by Crippen LogP contribution is -1.95. The smallest absolute Gasteiger partial charge is 0.303 e. The number of carboxylic acids is 1. The van der Waals surface area contributed by atoms with Gasteiger partial charge in [0.2, 0.25) is 0 Å². The van der Waals surface area contributed by atoms with E-state index in [0.29, 0.717) is 13.0 Å². The van der Waals surface area contributed by atoms with Crippen LogP contribution in [0.2, 0.25) is 0 Å². The van der Waals surface area contributed by atoms with Crippen LogP contribution in [0.25, 0.3) is 0 Å². The molecular weight excluding hydrogens is 300 g/mol. The molecule has 3 heteroatoms. The summed E-state index contributed by atoms with van der Waals surface area (Å²) in [6, 6.07) is 18.3. The minimum atomic E-state index is -0.724. The van der Waals surface area contributed by atoms with Gasteiger partial charge >= 0.3 is 5.97 Å². The Labute approximate surface area is 143 Å². The van der Waals surface area contributed by atoms with E-state index >= 15 is 0 Å². The van der Waals surface area contributed by atoms with Gasteiger partial charge in [-0.1, -0.05) is 54.6 Å². The van der Waals surface area contributed by atoms with Crippen molar-refractivity contribution >= 4 is 5.97 Å². The molecule has 2 rings (SSSR count). The monoisotopic (exact) mass is 324 g/mol. The lowest BCUT2D eigenvalue weighted by atomic mass is 10.1. The Kier molecular flexibility index (Phi) is 7.61. The molecule has 0 saturated heterocycles. The average molecular weight is 324 g/mol. The third-order valence-corrected chi connectivity index (χ3v) is 3.70. The van der Waals surface area contributed by atoms with Gasteiger partial charge in [-0.25, -0.2) is 0 Å². The molecule has 0 atom stereocenters. The van der Waals surface area contributed by atoms with Crippen LogP contribution in [0.4, 0.5) is 0 Å². The number of benzene rings is 2. The number of aliphatic carboxylic acids is 1. The summed E-state index contributed by atoms with van der Waals surface area (Å²) in [5, 5.41) is 8.56. The number of hydrogen-bond acceptors (Lipinski definition) is 2. The number of rotatable bonds is 10. The maximum atomic E-state index is 10.4. The summed E-state index contributed by atoms with van der Waals surface area (Å²) >= 11 is 0. The third kappa shape index (κ3) is 7.14. The van der Waals surface area contributed by atoms with Crippen LogP contribution in [-0.4, -0.2) is 11.1 Å². The van der Waals surface area contributed by atoms with Crippen LogP contribution in [0.3, 0.4) is 0 Å². The second kappa shape index (κ2) is 10.3. The fourth-order valence-corrected chi connectivity index (χ4v) is 2.35. The molecule has 0 aliphatic carbocycles. The van der Waals surface area contributed by atoms with Crippen molar-refractivity contribution in [2.45, 2.75) is 38.7 Å². The van der Waals surface area contributed by atoms with Crippen molar-refractivity contribution in [2.75, 3.05) is 0 Å². The summed E-state index contributed by atoms with van der Waals surface area (Å²) in [6.07, 6.45) is 7.93. The van der Waals surface area contributed by atoms with Crippen LogP contribution in [0, 0.1) is 0 Å². The van der Waals surface area contributed by atoms with E-state index in [-0.39, 0.29) is 6.42 Å². The van der Waals surface area contributed by atoms with E-state index < -0.39 is 5.97 Å². The molecule has 2 aromatic carbocycles. The standard InChI is InChI=1S/C21H24O3/c22-21(23)12-8-3-1-2-5-9-18-13-15-20(16-14-18)24-17-19-10-6-4-7-11-19/h1-2,4,6-7,10-11,13-16H,3,5,8-9,12,17H2,(H,22,23). The number of ether oxygens (including phenoxy) is 1. The second-order valence-corrected chi connectivity index (χ2v) is 5.71. The van der Waals surface area contributed by atoms with E-state index in [1.165, 1.54) is 5.56 Å². The van der Waals surface area contributed by atoms with Crippen molar-refractivity contribution in [1.82, 2.24) is 0 Å². The summed E-state index contributed by atoms with van der Waals surface area (Å²) in [5.41, 5.74) is 2.44. The minimum absolute atomic E-state index is 0.245. The van der Waals surface area contributed by atoms with Crippen molar-refractivity contribution in [3.05, 3.63) is 77.9 Å². The zero-order valence-corrected chi connectivity index (χ0v) is 13.9. The van der Waals surface area contributed by atoms with Crippen molar-refractivity contribution in [1.29, 1.82) is 0 Å². The van der Waals surface area contributed by atoms with E-state index in [1.54, 1.807) is 0 Å². The summed E-state index contributed by atoms with van der Waals surface area (Å²) < 4.78 is 5.77. The van der Waals surface area contributed by atoms with Gasteiger partial charge in [0.1, 0.15) is 12.4 Å². The molecule has 0 unspecified atom stereocenters. The van der Waals surface area contributed by atoms with Gasteiger partial charge in [0, 0.05) is 6.42 Å². The molecule has 0 saturated carbocycles. The highest BCUT2D eigenvalue weighted by Gasteiger charge is 1.97. The number of allylic oxidation sites excluding steroid dienone is 2. The number of unbranched alkanes of at least 4 members (excludes halogenated alkanes) is 1. The Hall–Kier alpha value is -2.55. The van der Waals surface area contributed by atoms with Crippen LogP contribution >= 0.6 is 0 Å². The first-order chi connectivity index (χ1) is 11.7. The van der Waals surface area contributed by atoms with E-state index in [2.05, 4.69) is 36.4 Å². The van der Waals surface area contributed by atoms with Crippen LogP contribution in [0.1, 0.15) is 36.8 Å². The van der Waals surface area contributed by atoms with Crippen LogP contribution in [0.5, 0.6) is 5.75 Å². The van der Waals surface area contributed by atoms with Crippen LogP contribution in [0.15, 0.2) is 66.7 Å². The Morgan fingerprint density at radius 3 is 2.33 bits per heavy atom. The number of aryl methyl sites for hydroxylation is 1. The van der Waals surface area contributed by atoms with E-state index in [0.717, 1.165) is 30.6 Å². The highest BCUT2D eigenvalue weighted by molar-refractivity contribution is 5.66. The Morgan fingerprint density at radius 1 is 0.917 bits per heavy atom. The van der Waals surface area contributed by atoms with Crippen molar-refractivity contribution in [3.63, 3.8) is 0 Å². The molecule has 0 aliphatic rings. The summed E-state index contributed by atoms with van der Waals surface area (Å²) in [4.78, 5) is 10.4. The fourth-order valence-electron chi connectivity index (χ4n) is 2.35. The predicted octanol–water partition coefficient (Wildman–Crippen LogP) is 5.01. The summed E-state index contributed by atoms with van der Waals surface area (Å²) in [7, 11) is 0. The van der Waals surface area contributed by atoms with Gasteiger partial charge in [-0.15, -0.1) is 0 Å². The maximum absolute atomic E-state index is 10.4. The predicted molar refractivity (Wildman–Crippen MR) is 96.2 cm³/mol. The molecule has 1 N–H and O–H groups in total. The highest BCUT2D eigenvalue weighted by atomic mass is 16.5. The highest BCUT2D eigenvalue weighted by Crippen LogP contribution is 2.15. The number of carbonyl (C=O) groups is 1. The Bertz CT molecular complexity index is 630. The van der Waals surface area contributed by atoms with Gasteiger partial charge < -0.3 is 9.84 Å². The van der Waals surface area contributed by atoms with Gasteiger partial charge in [-0.3, -0.25) is 4.79 Å². The SMILES string of the molecule is O=C(O)CCCC=CCCc1ccc(OCc2ccccc2)cc1. The summed E-state index contributed by atoms with van der Waals surface area (Å²) in [6.45, 7) is 0.583. The molecule has 0 bridgehead atoms. The molecule has 0 aromatic heterocycles. The molecule has 24 heavy (non-hydrogen) atoms. The largest absolute Gasteiger partial charge is 0.489 e. The zero-order valence-electron chi connectivity index (χ0n) is 13.9. The van der Waals surface area contributed by atoms with E-state index in [9.17, 15) is 4.79 Å². The van der Waals surface area contributed by atoms with Crippen molar-refractivity contribution in [2.24, 2.45) is 0 Å². The van der Waals surface area contributed by atoms with Gasteiger partial charge in [-0.2, -0.15) is 0 Å². The molecule has 2 aromatic rings. The molecule has 0 amide bonds. The topological polar surface area (TPSA) is 46.5 Å². The van der Waals surface area contributed by atoms with Gasteiger partial charge in [0.15, 0.2) is 0 Å². The average Bonchev–Trinajstić information content (AvgIpc) is 2.61. The molecule has 126 valence electrons. The molecule has 0 radical (unpaired) electrons. The quantitative estimate of drug-likeness (QED) is 0.493. The lowest BCUT2D eigenvalue weighted by Gasteiger charge is -2.07. The van der Waals surface area contributed by atoms with Gasteiger partial charge in [-0.05, 0) is 48.9 Å². The molecule has 3 nitrogen and oxygen atoms in total. The van der Waals surface area contributed by atoms with E-state index in [1.807, 2.05) is 30.3 Å². The minimum Gasteiger partial charge on any atom is -0.489 e. The molecule has 0 fully saturated rings. The van der Waals surface area contributed by atoms with Gasteiger partial charge in [0.25, 0.3) is 0 Å². The summed E-state index contributed by atoms with van der Waals surface area (Å²) in [5.74, 6) is 0.157.